The standard InChI is InChI=1S/C7H9N3O.ClH/c1-10-4-2-3-7(11)6(10)5-9-8;/h2-5,8,11H,1H3;1H. The normalized spacial score (nSPS) is 9.75. The van der Waals surface area contributed by atoms with Gasteiger partial charge < -0.3 is 23.4 Å². The predicted molar refractivity (Wildman–Crippen MR) is 41.1 cm³/mol. The minimum absolute atomic E-state index is 0. The Bertz CT molecular complexity index is 268. The van der Waals surface area contributed by atoms with Gasteiger partial charge in [-0.05, 0) is 6.07 Å². The second-order valence-corrected chi connectivity index (χ2v) is 2.17. The van der Waals surface area contributed by atoms with E-state index in [1.807, 2.05) is 0 Å². The van der Waals surface area contributed by atoms with Crippen molar-refractivity contribution in [3.05, 3.63) is 24.0 Å². The molecule has 0 fully saturated rings. The Balaban J connectivity index is 0.00000121. The highest BCUT2D eigenvalue weighted by molar-refractivity contribution is 5.78. The molecule has 3 N–H and O–H groups in total. The first-order valence-corrected chi connectivity index (χ1v) is 3.16. The van der Waals surface area contributed by atoms with E-state index in [2.05, 4.69) is 5.10 Å². The number of nitrogens with two attached hydrogens (primary N) is 1. The number of nitrogens with zero attached hydrogens (tertiary/aromatic N) is 2. The zero-order chi connectivity index (χ0) is 8.27. The van der Waals surface area contributed by atoms with E-state index >= 15 is 0 Å². The van der Waals surface area contributed by atoms with Crippen molar-refractivity contribution in [2.24, 2.45) is 18.0 Å². The third-order valence-electron chi connectivity index (χ3n) is 1.40. The summed E-state index contributed by atoms with van der Waals surface area (Å²) in [4.78, 5) is 0. The fourth-order valence-electron chi connectivity index (χ4n) is 0.837. The molecule has 0 saturated heterocycles. The second kappa shape index (κ2) is 4.56. The van der Waals surface area contributed by atoms with E-state index in [0.717, 1.165) is 0 Å². The maximum absolute atomic E-state index is 9.25. The minimum atomic E-state index is 0. The molecule has 66 valence electrons. The van der Waals surface area contributed by atoms with Crippen LogP contribution in [0.15, 0.2) is 23.4 Å². The summed E-state index contributed by atoms with van der Waals surface area (Å²) >= 11 is 0. The van der Waals surface area contributed by atoms with E-state index in [0.29, 0.717) is 5.69 Å². The highest BCUT2D eigenvalue weighted by Gasteiger charge is 2.07. The molecule has 5 heteroatoms. The lowest BCUT2D eigenvalue weighted by atomic mass is 10.3. The first-order chi connectivity index (χ1) is 5.25. The van der Waals surface area contributed by atoms with Crippen LogP contribution >= 0.6 is 0 Å². The van der Waals surface area contributed by atoms with Crippen LogP contribution in [0.3, 0.4) is 0 Å². The Morgan fingerprint density at radius 2 is 2.33 bits per heavy atom. The van der Waals surface area contributed by atoms with Crippen molar-refractivity contribution in [3.8, 4) is 5.75 Å². The van der Waals surface area contributed by atoms with Gasteiger partial charge in [0.05, 0.1) is 0 Å². The maximum atomic E-state index is 9.25. The number of hydrogen-bond acceptors (Lipinski definition) is 3. The van der Waals surface area contributed by atoms with Crippen molar-refractivity contribution < 1.29 is 22.1 Å². The van der Waals surface area contributed by atoms with Crippen LogP contribution in [0.2, 0.25) is 0 Å². The zero-order valence-electron chi connectivity index (χ0n) is 6.61. The summed E-state index contributed by atoms with van der Waals surface area (Å²) in [5, 5.41) is 12.6. The second-order valence-electron chi connectivity index (χ2n) is 2.17. The molecule has 0 unspecified atom stereocenters. The van der Waals surface area contributed by atoms with Crippen LogP contribution in [0, 0.1) is 0 Å². The van der Waals surface area contributed by atoms with Crippen molar-refractivity contribution in [2.75, 3.05) is 0 Å². The van der Waals surface area contributed by atoms with Gasteiger partial charge in [-0.2, -0.15) is 9.67 Å². The number of pyridine rings is 1. The number of halogens is 1. The molecule has 0 atom stereocenters. The van der Waals surface area contributed by atoms with Gasteiger partial charge in [0.1, 0.15) is 13.3 Å². The first-order valence-electron chi connectivity index (χ1n) is 3.16. The Morgan fingerprint density at radius 1 is 1.67 bits per heavy atom. The van der Waals surface area contributed by atoms with E-state index < -0.39 is 0 Å². The lowest BCUT2D eigenvalue weighted by Gasteiger charge is -1.94. The van der Waals surface area contributed by atoms with E-state index in [1.54, 1.807) is 29.9 Å². The van der Waals surface area contributed by atoms with Gasteiger partial charge in [0, 0.05) is 6.07 Å². The number of hydrogen-bond donors (Lipinski definition) is 2. The molecule has 12 heavy (non-hydrogen) atoms. The molecule has 1 aromatic heterocycles. The molecule has 4 nitrogen and oxygen atoms in total. The monoisotopic (exact) mass is 187 g/mol. The number of aryl methyl sites for hydroxylation is 1. The molecule has 0 radical (unpaired) electrons. The van der Waals surface area contributed by atoms with E-state index in [4.69, 9.17) is 5.84 Å². The van der Waals surface area contributed by atoms with Crippen LogP contribution in [0.5, 0.6) is 5.75 Å². The molecule has 1 aromatic rings. The predicted octanol–water partition coefficient (Wildman–Crippen LogP) is -3.49. The molecule has 0 aromatic carbocycles. The summed E-state index contributed by atoms with van der Waals surface area (Å²) in [6.07, 6.45) is 3.20. The topological polar surface area (TPSA) is 62.5 Å². The summed E-state index contributed by atoms with van der Waals surface area (Å²) in [7, 11) is 1.80. The Morgan fingerprint density at radius 3 is 2.83 bits per heavy atom. The molecule has 0 aliphatic heterocycles. The quantitative estimate of drug-likeness (QED) is 0.208. The van der Waals surface area contributed by atoms with Crippen LogP contribution in [0.1, 0.15) is 5.69 Å². The first kappa shape index (κ1) is 10.7. The molecule has 0 spiro atoms. The van der Waals surface area contributed by atoms with Crippen LogP contribution < -0.4 is 22.8 Å². The van der Waals surface area contributed by atoms with Gasteiger partial charge >= 0.3 is 0 Å². The highest BCUT2D eigenvalue weighted by atomic mass is 35.5. The van der Waals surface area contributed by atoms with Gasteiger partial charge in [-0.3, -0.25) is 0 Å². The van der Waals surface area contributed by atoms with Crippen LogP contribution in [0.4, 0.5) is 0 Å². The Kier molecular flexibility index (Phi) is 4.07. The van der Waals surface area contributed by atoms with Crippen LogP contribution in [0.25, 0.3) is 0 Å². The number of rotatable bonds is 1. The summed E-state index contributed by atoms with van der Waals surface area (Å²) < 4.78 is 1.73. The fraction of sp³-hybridized carbons (Fsp3) is 0.143. The Hall–Kier alpha value is -1.29. The highest BCUT2D eigenvalue weighted by Crippen LogP contribution is 2.07. The van der Waals surface area contributed by atoms with Gasteiger partial charge in [0.15, 0.2) is 11.9 Å². The van der Waals surface area contributed by atoms with Gasteiger partial charge in [-0.1, -0.05) is 0 Å². The number of aromatic nitrogens is 1. The van der Waals surface area contributed by atoms with Gasteiger partial charge in [-0.25, -0.2) is 0 Å². The average molecular weight is 188 g/mol. The summed E-state index contributed by atoms with van der Waals surface area (Å²) in [5.41, 5.74) is 0.593. The SMILES string of the molecule is C[n+]1cccc(O)c1/C=N/N.[Cl-]. The summed E-state index contributed by atoms with van der Waals surface area (Å²) in [6, 6.07) is 3.32. The third-order valence-corrected chi connectivity index (χ3v) is 1.40. The van der Waals surface area contributed by atoms with Crippen molar-refractivity contribution >= 4 is 6.21 Å². The number of aromatic hydroxyl groups is 1. The smallest absolute Gasteiger partial charge is 0.267 e. The average Bonchev–Trinajstić information content (AvgIpc) is 1.97. The molecular formula is C7H10ClN3O. The molecule has 0 aliphatic rings. The largest absolute Gasteiger partial charge is 1.00 e. The molecule has 0 bridgehead atoms. The van der Waals surface area contributed by atoms with Crippen molar-refractivity contribution in [2.45, 2.75) is 0 Å². The van der Waals surface area contributed by atoms with E-state index in [9.17, 15) is 5.11 Å². The molecule has 1 rings (SSSR count). The lowest BCUT2D eigenvalue weighted by molar-refractivity contribution is -0.672. The molecule has 0 aliphatic carbocycles. The fourth-order valence-corrected chi connectivity index (χ4v) is 0.837. The maximum Gasteiger partial charge on any atom is 0.267 e. The third kappa shape index (κ3) is 2.10. The summed E-state index contributed by atoms with van der Waals surface area (Å²) in [5.74, 6) is 5.11. The van der Waals surface area contributed by atoms with Crippen molar-refractivity contribution in [1.82, 2.24) is 0 Å². The van der Waals surface area contributed by atoms with Gasteiger partial charge in [0.25, 0.3) is 5.69 Å². The molecule has 0 amide bonds. The Labute approximate surface area is 76.7 Å². The van der Waals surface area contributed by atoms with E-state index in [-0.39, 0.29) is 18.2 Å². The zero-order valence-corrected chi connectivity index (χ0v) is 7.36. The summed E-state index contributed by atoms with van der Waals surface area (Å²) in [6.45, 7) is 0. The molecule has 1 heterocycles. The number of hydrazone groups is 1. The molecular weight excluding hydrogens is 178 g/mol. The lowest BCUT2D eigenvalue weighted by Crippen LogP contribution is -3.00. The van der Waals surface area contributed by atoms with Gasteiger partial charge in [-0.15, -0.1) is 0 Å². The molecule has 0 saturated carbocycles. The van der Waals surface area contributed by atoms with Gasteiger partial charge in [0.2, 0.25) is 0 Å². The van der Waals surface area contributed by atoms with Crippen molar-refractivity contribution in [3.63, 3.8) is 0 Å². The van der Waals surface area contributed by atoms with Crippen LogP contribution in [-0.2, 0) is 7.05 Å². The minimum Gasteiger partial charge on any atom is -1.00 e. The van der Waals surface area contributed by atoms with Crippen LogP contribution in [-0.4, -0.2) is 11.3 Å². The van der Waals surface area contributed by atoms with E-state index in [1.165, 1.54) is 6.21 Å². The van der Waals surface area contributed by atoms with Crippen molar-refractivity contribution in [1.29, 1.82) is 0 Å².